The molecule has 4 nitrogen and oxygen atoms in total. The first-order chi connectivity index (χ1) is 10.3. The predicted molar refractivity (Wildman–Crippen MR) is 87.4 cm³/mol. The number of nitriles is 1. The summed E-state index contributed by atoms with van der Waals surface area (Å²) in [6, 6.07) is 12.0. The fourth-order valence-electron chi connectivity index (χ4n) is 2.41. The Bertz CT molecular complexity index is 630. The lowest BCUT2D eigenvalue weighted by atomic mass is 10.1. The molecule has 21 heavy (non-hydrogen) atoms. The number of fused-ring (bicyclic) bond motifs is 1. The Morgan fingerprint density at radius 1 is 1.24 bits per heavy atom. The molecule has 0 aliphatic rings. The van der Waals surface area contributed by atoms with E-state index in [2.05, 4.69) is 35.1 Å². The van der Waals surface area contributed by atoms with Crippen LogP contribution in [0.3, 0.4) is 0 Å². The number of likely N-dealkylation sites (N-methyl/N-ethyl adjacent to an activating group) is 1. The van der Waals surface area contributed by atoms with Crippen molar-refractivity contribution in [1.82, 2.24) is 9.88 Å². The van der Waals surface area contributed by atoms with Crippen molar-refractivity contribution in [3.05, 3.63) is 35.9 Å². The van der Waals surface area contributed by atoms with Crippen molar-refractivity contribution in [2.24, 2.45) is 0 Å². The van der Waals surface area contributed by atoms with Gasteiger partial charge < -0.3 is 10.2 Å². The van der Waals surface area contributed by atoms with Crippen molar-refractivity contribution >= 4 is 16.7 Å². The molecule has 1 heterocycles. The molecule has 2 rings (SSSR count). The number of rotatable bonds is 7. The summed E-state index contributed by atoms with van der Waals surface area (Å²) in [4.78, 5) is 6.95. The third kappa shape index (κ3) is 3.93. The van der Waals surface area contributed by atoms with Gasteiger partial charge in [-0.25, -0.2) is 4.98 Å². The van der Waals surface area contributed by atoms with Crippen LogP contribution in [0.5, 0.6) is 0 Å². The number of pyridine rings is 1. The zero-order chi connectivity index (χ0) is 15.1. The minimum atomic E-state index is 0.604. The van der Waals surface area contributed by atoms with Crippen molar-refractivity contribution in [1.29, 1.82) is 5.26 Å². The second-order valence-electron chi connectivity index (χ2n) is 5.05. The number of para-hydroxylation sites is 1. The van der Waals surface area contributed by atoms with Gasteiger partial charge in [-0.3, -0.25) is 0 Å². The summed E-state index contributed by atoms with van der Waals surface area (Å²) < 4.78 is 0. The monoisotopic (exact) mass is 282 g/mol. The highest BCUT2D eigenvalue weighted by Gasteiger charge is 2.07. The number of nitrogens with one attached hydrogen (secondary N) is 1. The van der Waals surface area contributed by atoms with E-state index in [0.717, 1.165) is 43.5 Å². The zero-order valence-electron chi connectivity index (χ0n) is 12.8. The molecule has 110 valence electrons. The van der Waals surface area contributed by atoms with E-state index < -0.39 is 0 Å². The predicted octanol–water partition coefficient (Wildman–Crippen LogP) is 3.25. The van der Waals surface area contributed by atoms with Crippen molar-refractivity contribution in [2.75, 3.05) is 31.5 Å². The molecule has 0 spiro atoms. The van der Waals surface area contributed by atoms with Gasteiger partial charge in [0.15, 0.2) is 0 Å². The summed E-state index contributed by atoms with van der Waals surface area (Å²) in [7, 11) is 0. The summed E-state index contributed by atoms with van der Waals surface area (Å²) >= 11 is 0. The fourth-order valence-corrected chi connectivity index (χ4v) is 2.41. The maximum atomic E-state index is 9.28. The Morgan fingerprint density at radius 3 is 2.76 bits per heavy atom. The first-order valence-electron chi connectivity index (χ1n) is 7.54. The van der Waals surface area contributed by atoms with E-state index in [0.29, 0.717) is 11.4 Å². The van der Waals surface area contributed by atoms with Crippen molar-refractivity contribution in [2.45, 2.75) is 20.3 Å². The van der Waals surface area contributed by atoms with E-state index in [4.69, 9.17) is 0 Å². The first-order valence-corrected chi connectivity index (χ1v) is 7.54. The van der Waals surface area contributed by atoms with E-state index in [1.165, 1.54) is 0 Å². The van der Waals surface area contributed by atoms with Gasteiger partial charge >= 0.3 is 0 Å². The number of hydrogen-bond donors (Lipinski definition) is 1. The van der Waals surface area contributed by atoms with Crippen LogP contribution in [0.4, 0.5) is 5.82 Å². The third-order valence-corrected chi connectivity index (χ3v) is 3.55. The smallest absolute Gasteiger partial charge is 0.144 e. The molecular formula is C17H22N4. The molecule has 0 atom stereocenters. The van der Waals surface area contributed by atoms with Gasteiger partial charge in [-0.1, -0.05) is 32.0 Å². The molecule has 0 aliphatic carbocycles. The molecule has 2 aromatic rings. The van der Waals surface area contributed by atoms with Gasteiger partial charge in [0, 0.05) is 18.5 Å². The van der Waals surface area contributed by atoms with Crippen LogP contribution in [0.2, 0.25) is 0 Å². The molecule has 1 aromatic carbocycles. The number of benzene rings is 1. The van der Waals surface area contributed by atoms with Crippen molar-refractivity contribution < 1.29 is 0 Å². The van der Waals surface area contributed by atoms with Gasteiger partial charge in [-0.15, -0.1) is 0 Å². The molecule has 1 N–H and O–H groups in total. The molecule has 0 fully saturated rings. The highest BCUT2D eigenvalue weighted by atomic mass is 15.1. The SMILES string of the molecule is CCCN(CC)CCNc1nc2ccccc2cc1C#N. The Kier molecular flexibility index (Phi) is 5.53. The summed E-state index contributed by atoms with van der Waals surface area (Å²) in [5.41, 5.74) is 1.52. The van der Waals surface area contributed by atoms with Crippen LogP contribution >= 0.6 is 0 Å². The average molecular weight is 282 g/mol. The fraction of sp³-hybridized carbons (Fsp3) is 0.412. The van der Waals surface area contributed by atoms with Crippen LogP contribution in [-0.2, 0) is 0 Å². The van der Waals surface area contributed by atoms with Gasteiger partial charge in [0.1, 0.15) is 11.9 Å². The summed E-state index contributed by atoms with van der Waals surface area (Å²) in [6.07, 6.45) is 1.16. The van der Waals surface area contributed by atoms with Crippen LogP contribution in [0.25, 0.3) is 10.9 Å². The number of nitrogens with zero attached hydrogens (tertiary/aromatic N) is 3. The Balaban J connectivity index is 2.09. The first kappa shape index (κ1) is 15.3. The molecule has 0 unspecified atom stereocenters. The van der Waals surface area contributed by atoms with Gasteiger partial charge in [-0.05, 0) is 31.6 Å². The van der Waals surface area contributed by atoms with Gasteiger partial charge in [-0.2, -0.15) is 5.26 Å². The lowest BCUT2D eigenvalue weighted by Gasteiger charge is -2.20. The number of aromatic nitrogens is 1. The van der Waals surface area contributed by atoms with E-state index >= 15 is 0 Å². The molecule has 0 saturated heterocycles. The normalized spacial score (nSPS) is 10.8. The quantitative estimate of drug-likeness (QED) is 0.847. The molecule has 0 amide bonds. The summed E-state index contributed by atoms with van der Waals surface area (Å²) in [5, 5.41) is 13.6. The van der Waals surface area contributed by atoms with Crippen LogP contribution in [0.15, 0.2) is 30.3 Å². The minimum absolute atomic E-state index is 0.604. The summed E-state index contributed by atoms with van der Waals surface area (Å²) in [6.45, 7) is 8.27. The zero-order valence-corrected chi connectivity index (χ0v) is 12.8. The van der Waals surface area contributed by atoms with Crippen LogP contribution in [-0.4, -0.2) is 36.1 Å². The van der Waals surface area contributed by atoms with E-state index in [1.54, 1.807) is 0 Å². The maximum absolute atomic E-state index is 9.28. The number of anilines is 1. The molecule has 1 aromatic heterocycles. The van der Waals surface area contributed by atoms with Crippen LogP contribution in [0, 0.1) is 11.3 Å². The van der Waals surface area contributed by atoms with Crippen molar-refractivity contribution in [3.8, 4) is 6.07 Å². The van der Waals surface area contributed by atoms with Crippen LogP contribution < -0.4 is 5.32 Å². The number of hydrogen-bond acceptors (Lipinski definition) is 4. The largest absolute Gasteiger partial charge is 0.368 e. The third-order valence-electron chi connectivity index (χ3n) is 3.55. The average Bonchev–Trinajstić information content (AvgIpc) is 2.53. The highest BCUT2D eigenvalue weighted by molar-refractivity contribution is 5.82. The Labute approximate surface area is 126 Å². The van der Waals surface area contributed by atoms with E-state index in [9.17, 15) is 5.26 Å². The maximum Gasteiger partial charge on any atom is 0.144 e. The minimum Gasteiger partial charge on any atom is -0.368 e. The molecule has 0 radical (unpaired) electrons. The Hall–Kier alpha value is -2.12. The lowest BCUT2D eigenvalue weighted by molar-refractivity contribution is 0.300. The molecule has 0 saturated carbocycles. The Morgan fingerprint density at radius 2 is 2.05 bits per heavy atom. The second-order valence-corrected chi connectivity index (χ2v) is 5.05. The topological polar surface area (TPSA) is 52.0 Å². The van der Waals surface area contributed by atoms with Crippen molar-refractivity contribution in [3.63, 3.8) is 0 Å². The van der Waals surface area contributed by atoms with E-state index in [1.807, 2.05) is 30.3 Å². The van der Waals surface area contributed by atoms with Crippen LogP contribution in [0.1, 0.15) is 25.8 Å². The standard InChI is InChI=1S/C17H22N4/c1-3-10-21(4-2)11-9-19-17-15(13-18)12-14-7-5-6-8-16(14)20-17/h5-8,12H,3-4,9-11H2,1-2H3,(H,19,20). The van der Waals surface area contributed by atoms with E-state index in [-0.39, 0.29) is 0 Å². The highest BCUT2D eigenvalue weighted by Crippen LogP contribution is 2.19. The van der Waals surface area contributed by atoms with Gasteiger partial charge in [0.25, 0.3) is 0 Å². The molecule has 0 aliphatic heterocycles. The summed E-state index contributed by atoms with van der Waals surface area (Å²) in [5.74, 6) is 0.684. The lowest BCUT2D eigenvalue weighted by Crippen LogP contribution is -2.29. The van der Waals surface area contributed by atoms with Gasteiger partial charge in [0.2, 0.25) is 0 Å². The molecule has 4 heteroatoms. The second kappa shape index (κ2) is 7.61. The molecule has 0 bridgehead atoms. The molecular weight excluding hydrogens is 260 g/mol. The van der Waals surface area contributed by atoms with Gasteiger partial charge in [0.05, 0.1) is 11.1 Å².